The molecule has 1 fully saturated rings. The number of hydrogen-bond donors (Lipinski definition) is 1. The molecule has 2 unspecified atom stereocenters. The number of anilines is 1. The van der Waals surface area contributed by atoms with Gasteiger partial charge in [0.05, 0.1) is 11.3 Å². The van der Waals surface area contributed by atoms with E-state index in [1.54, 1.807) is 0 Å². The molecule has 1 aromatic carbocycles. The zero-order valence-corrected chi connectivity index (χ0v) is 10.3. The smallest absolute Gasteiger partial charge is 0.101 e. The molecular formula is C13H16N2S. The number of nitrogens with zero attached hydrogens (tertiary/aromatic N) is 1. The van der Waals surface area contributed by atoms with Gasteiger partial charge < -0.3 is 5.32 Å². The van der Waals surface area contributed by atoms with Crippen LogP contribution in [0.25, 0.3) is 0 Å². The molecule has 1 aliphatic carbocycles. The average molecular weight is 232 g/mol. The van der Waals surface area contributed by atoms with Crippen LogP contribution in [0.4, 0.5) is 5.69 Å². The van der Waals surface area contributed by atoms with E-state index in [1.807, 2.05) is 36.0 Å². The Labute approximate surface area is 101 Å². The van der Waals surface area contributed by atoms with Crippen molar-refractivity contribution in [1.29, 1.82) is 5.26 Å². The molecule has 0 aromatic heterocycles. The Morgan fingerprint density at radius 1 is 1.38 bits per heavy atom. The topological polar surface area (TPSA) is 35.8 Å². The Balaban J connectivity index is 2.02. The lowest BCUT2D eigenvalue weighted by Crippen LogP contribution is -2.16. The van der Waals surface area contributed by atoms with E-state index in [4.69, 9.17) is 5.26 Å². The number of thioether (sulfide) groups is 1. The second-order valence-corrected chi connectivity index (χ2v) is 5.31. The van der Waals surface area contributed by atoms with Gasteiger partial charge in [-0.05, 0) is 37.7 Å². The van der Waals surface area contributed by atoms with E-state index in [0.29, 0.717) is 6.04 Å². The fraction of sp³-hybridized carbons (Fsp3) is 0.462. The number of benzene rings is 1. The maximum Gasteiger partial charge on any atom is 0.101 e. The van der Waals surface area contributed by atoms with Crippen LogP contribution in [0.1, 0.15) is 24.8 Å². The van der Waals surface area contributed by atoms with Crippen molar-refractivity contribution in [3.63, 3.8) is 0 Å². The van der Waals surface area contributed by atoms with Crippen LogP contribution >= 0.6 is 11.8 Å². The third-order valence-electron chi connectivity index (χ3n) is 3.12. The van der Waals surface area contributed by atoms with E-state index in [9.17, 15) is 0 Å². The Bertz CT molecular complexity index is 397. The van der Waals surface area contributed by atoms with E-state index in [1.165, 1.54) is 19.3 Å². The van der Waals surface area contributed by atoms with E-state index in [-0.39, 0.29) is 0 Å². The minimum absolute atomic E-state index is 0.534. The predicted molar refractivity (Wildman–Crippen MR) is 69.7 cm³/mol. The lowest BCUT2D eigenvalue weighted by Gasteiger charge is -2.15. The fourth-order valence-corrected chi connectivity index (χ4v) is 3.01. The maximum atomic E-state index is 9.00. The van der Waals surface area contributed by atoms with Crippen molar-refractivity contribution >= 4 is 17.4 Å². The largest absolute Gasteiger partial charge is 0.381 e. The molecule has 16 heavy (non-hydrogen) atoms. The van der Waals surface area contributed by atoms with E-state index < -0.39 is 0 Å². The van der Waals surface area contributed by atoms with Gasteiger partial charge in [0.2, 0.25) is 0 Å². The summed E-state index contributed by atoms with van der Waals surface area (Å²) >= 11 is 1.95. The summed E-state index contributed by atoms with van der Waals surface area (Å²) in [5, 5.41) is 13.3. The Morgan fingerprint density at radius 3 is 2.88 bits per heavy atom. The van der Waals surface area contributed by atoms with Gasteiger partial charge in [-0.2, -0.15) is 17.0 Å². The van der Waals surface area contributed by atoms with Gasteiger partial charge in [0.25, 0.3) is 0 Å². The minimum atomic E-state index is 0.534. The van der Waals surface area contributed by atoms with Gasteiger partial charge in [-0.25, -0.2) is 0 Å². The molecule has 1 aliphatic rings. The van der Waals surface area contributed by atoms with E-state index >= 15 is 0 Å². The number of hydrogen-bond acceptors (Lipinski definition) is 3. The molecule has 0 spiro atoms. The third kappa shape index (κ3) is 2.51. The first-order chi connectivity index (χ1) is 7.83. The maximum absolute atomic E-state index is 9.00. The van der Waals surface area contributed by atoms with Gasteiger partial charge in [0.15, 0.2) is 0 Å². The molecule has 0 heterocycles. The summed E-state index contributed by atoms with van der Waals surface area (Å²) < 4.78 is 0. The summed E-state index contributed by atoms with van der Waals surface area (Å²) in [6.07, 6.45) is 5.88. The van der Waals surface area contributed by atoms with Crippen LogP contribution in [-0.4, -0.2) is 17.5 Å². The first kappa shape index (κ1) is 11.3. The molecule has 3 heteroatoms. The van der Waals surface area contributed by atoms with Crippen LogP contribution in [-0.2, 0) is 0 Å². The monoisotopic (exact) mass is 232 g/mol. The molecule has 2 rings (SSSR count). The zero-order chi connectivity index (χ0) is 11.4. The van der Waals surface area contributed by atoms with E-state index in [2.05, 4.69) is 17.6 Å². The molecule has 0 aliphatic heterocycles. The van der Waals surface area contributed by atoms with Crippen molar-refractivity contribution in [2.45, 2.75) is 30.6 Å². The molecule has 2 nitrogen and oxygen atoms in total. The highest BCUT2D eigenvalue weighted by molar-refractivity contribution is 7.99. The summed E-state index contributed by atoms with van der Waals surface area (Å²) in [7, 11) is 0. The van der Waals surface area contributed by atoms with Gasteiger partial charge >= 0.3 is 0 Å². The summed E-state index contributed by atoms with van der Waals surface area (Å²) in [5.41, 5.74) is 1.73. The summed E-state index contributed by atoms with van der Waals surface area (Å²) in [6.45, 7) is 0. The predicted octanol–water partition coefficient (Wildman–Crippen LogP) is 3.25. The van der Waals surface area contributed by atoms with Gasteiger partial charge in [-0.1, -0.05) is 12.1 Å². The highest BCUT2D eigenvalue weighted by Gasteiger charge is 2.23. The number of nitrogens with one attached hydrogen (secondary N) is 1. The second-order valence-electron chi connectivity index (χ2n) is 4.17. The lowest BCUT2D eigenvalue weighted by atomic mass is 10.1. The summed E-state index contributed by atoms with van der Waals surface area (Å²) in [4.78, 5) is 0. The zero-order valence-electron chi connectivity index (χ0n) is 9.44. The van der Waals surface area contributed by atoms with Crippen molar-refractivity contribution in [2.24, 2.45) is 0 Å². The van der Waals surface area contributed by atoms with Gasteiger partial charge in [0.1, 0.15) is 6.07 Å². The third-order valence-corrected chi connectivity index (χ3v) is 4.22. The molecule has 0 saturated heterocycles. The molecule has 0 amide bonds. The summed E-state index contributed by atoms with van der Waals surface area (Å²) in [5.74, 6) is 0. The highest BCUT2D eigenvalue weighted by Crippen LogP contribution is 2.30. The van der Waals surface area contributed by atoms with Crippen LogP contribution in [0.3, 0.4) is 0 Å². The summed E-state index contributed by atoms with van der Waals surface area (Å²) in [6, 6.07) is 10.5. The number of para-hydroxylation sites is 1. The molecule has 0 radical (unpaired) electrons. The van der Waals surface area contributed by atoms with Crippen molar-refractivity contribution in [1.82, 2.24) is 0 Å². The van der Waals surface area contributed by atoms with Crippen molar-refractivity contribution in [3.8, 4) is 6.07 Å². The number of rotatable bonds is 3. The average Bonchev–Trinajstić information content (AvgIpc) is 2.77. The molecule has 1 N–H and O–H groups in total. The highest BCUT2D eigenvalue weighted by atomic mass is 32.2. The molecule has 1 aromatic rings. The first-order valence-corrected chi connectivity index (χ1v) is 6.90. The molecule has 0 bridgehead atoms. The quantitative estimate of drug-likeness (QED) is 0.869. The molecule has 2 atom stereocenters. The Kier molecular flexibility index (Phi) is 3.74. The SMILES string of the molecule is CSC1CCC(Nc2ccccc2C#N)C1. The molecule has 1 saturated carbocycles. The molecule has 84 valence electrons. The lowest BCUT2D eigenvalue weighted by molar-refractivity contribution is 0.757. The fourth-order valence-electron chi connectivity index (χ4n) is 2.21. The van der Waals surface area contributed by atoms with E-state index in [0.717, 1.165) is 16.5 Å². The van der Waals surface area contributed by atoms with Crippen LogP contribution in [0.2, 0.25) is 0 Å². The number of nitriles is 1. The van der Waals surface area contributed by atoms with Crippen molar-refractivity contribution in [3.05, 3.63) is 29.8 Å². The second kappa shape index (κ2) is 5.27. The normalized spacial score (nSPS) is 24.0. The van der Waals surface area contributed by atoms with Crippen LogP contribution in [0, 0.1) is 11.3 Å². The molecular weight excluding hydrogens is 216 g/mol. The minimum Gasteiger partial charge on any atom is -0.381 e. The Morgan fingerprint density at radius 2 is 2.19 bits per heavy atom. The first-order valence-electron chi connectivity index (χ1n) is 5.62. The van der Waals surface area contributed by atoms with Gasteiger partial charge in [-0.3, -0.25) is 0 Å². The van der Waals surface area contributed by atoms with Crippen molar-refractivity contribution < 1.29 is 0 Å². The van der Waals surface area contributed by atoms with Crippen molar-refractivity contribution in [2.75, 3.05) is 11.6 Å². The van der Waals surface area contributed by atoms with Gasteiger partial charge in [0, 0.05) is 11.3 Å². The van der Waals surface area contributed by atoms with Crippen LogP contribution < -0.4 is 5.32 Å². The van der Waals surface area contributed by atoms with Crippen LogP contribution in [0.5, 0.6) is 0 Å². The standard InChI is InChI=1S/C13H16N2S/c1-16-12-7-6-11(8-12)15-13-5-3-2-4-10(13)9-14/h2-5,11-12,15H,6-8H2,1H3. The van der Waals surface area contributed by atoms with Crippen LogP contribution in [0.15, 0.2) is 24.3 Å². The van der Waals surface area contributed by atoms with Gasteiger partial charge in [-0.15, -0.1) is 0 Å². The Hall–Kier alpha value is -1.14.